The number of rotatable bonds is 7. The number of halogens is 1. The van der Waals surface area contributed by atoms with Crippen LogP contribution in [0.5, 0.6) is 0 Å². The van der Waals surface area contributed by atoms with Gasteiger partial charge in [0.2, 0.25) is 0 Å². The first-order chi connectivity index (χ1) is 8.50. The Bertz CT molecular complexity index is 413. The quantitative estimate of drug-likeness (QED) is 0.405. The molecule has 0 aliphatic carbocycles. The summed E-state index contributed by atoms with van der Waals surface area (Å²) in [4.78, 5) is 10.4. The highest BCUT2D eigenvalue weighted by atomic mass is 79.9. The van der Waals surface area contributed by atoms with E-state index in [2.05, 4.69) is 26.6 Å². The number of aliphatic hydroxyl groups excluding tert-OH is 1. The molecule has 0 aromatic heterocycles. The highest BCUT2D eigenvalue weighted by molar-refractivity contribution is 9.10. The summed E-state index contributed by atoms with van der Waals surface area (Å²) in [6.07, 6.45) is -0.396. The molecule has 100 valence electrons. The van der Waals surface area contributed by atoms with Gasteiger partial charge in [0.1, 0.15) is 5.69 Å². The van der Waals surface area contributed by atoms with Crippen LogP contribution in [-0.2, 0) is 0 Å². The highest BCUT2D eigenvalue weighted by Gasteiger charge is 2.13. The lowest BCUT2D eigenvalue weighted by molar-refractivity contribution is -0.384. The Morgan fingerprint density at radius 2 is 2.22 bits per heavy atom. The second-order valence-electron chi connectivity index (χ2n) is 3.90. The van der Waals surface area contributed by atoms with E-state index in [-0.39, 0.29) is 5.69 Å². The van der Waals surface area contributed by atoms with Crippen molar-refractivity contribution in [3.8, 4) is 0 Å². The number of benzene rings is 1. The van der Waals surface area contributed by atoms with E-state index in [1.54, 1.807) is 19.1 Å². The van der Waals surface area contributed by atoms with Crippen molar-refractivity contribution >= 4 is 27.3 Å². The predicted octanol–water partition coefficient (Wildman–Crippen LogP) is 1.74. The summed E-state index contributed by atoms with van der Waals surface area (Å²) in [5.41, 5.74) is 0.530. The summed E-state index contributed by atoms with van der Waals surface area (Å²) < 4.78 is 0.673. The van der Waals surface area contributed by atoms with E-state index in [0.717, 1.165) is 0 Å². The first kappa shape index (κ1) is 14.9. The monoisotopic (exact) mass is 317 g/mol. The number of nitro groups is 1. The first-order valence-corrected chi connectivity index (χ1v) is 6.36. The van der Waals surface area contributed by atoms with Crippen LogP contribution in [0.25, 0.3) is 0 Å². The molecule has 7 heteroatoms. The molecular formula is C11H16BrN3O3. The average molecular weight is 318 g/mol. The van der Waals surface area contributed by atoms with E-state index in [4.69, 9.17) is 5.11 Å². The summed E-state index contributed by atoms with van der Waals surface area (Å²) in [5, 5.41) is 25.9. The number of nitro benzene ring substituents is 1. The average Bonchev–Trinajstić information content (AvgIpc) is 2.29. The molecular weight excluding hydrogens is 302 g/mol. The van der Waals surface area contributed by atoms with Crippen LogP contribution in [0.15, 0.2) is 22.7 Å². The smallest absolute Gasteiger partial charge is 0.293 e. The summed E-state index contributed by atoms with van der Waals surface area (Å²) >= 11 is 3.20. The third-order valence-corrected chi connectivity index (χ3v) is 2.71. The van der Waals surface area contributed by atoms with Gasteiger partial charge in [-0.2, -0.15) is 0 Å². The minimum Gasteiger partial charge on any atom is -0.392 e. The summed E-state index contributed by atoms with van der Waals surface area (Å²) in [7, 11) is 0. The fourth-order valence-corrected chi connectivity index (χ4v) is 1.75. The summed E-state index contributed by atoms with van der Waals surface area (Å²) in [6, 6.07) is 4.88. The number of hydrogen-bond acceptors (Lipinski definition) is 5. The van der Waals surface area contributed by atoms with Gasteiger partial charge in [0.05, 0.1) is 11.0 Å². The molecule has 0 aliphatic rings. The molecule has 3 N–H and O–H groups in total. The first-order valence-electron chi connectivity index (χ1n) is 5.57. The molecule has 6 nitrogen and oxygen atoms in total. The number of aliphatic hydroxyl groups is 1. The van der Waals surface area contributed by atoms with E-state index < -0.39 is 11.0 Å². The third-order valence-electron chi connectivity index (χ3n) is 2.21. The lowest BCUT2D eigenvalue weighted by atomic mass is 10.2. The molecule has 0 bridgehead atoms. The van der Waals surface area contributed by atoms with E-state index >= 15 is 0 Å². The van der Waals surface area contributed by atoms with Gasteiger partial charge >= 0.3 is 0 Å². The van der Waals surface area contributed by atoms with Crippen molar-refractivity contribution in [1.29, 1.82) is 0 Å². The van der Waals surface area contributed by atoms with E-state index in [0.29, 0.717) is 29.8 Å². The van der Waals surface area contributed by atoms with E-state index in [9.17, 15) is 10.1 Å². The van der Waals surface area contributed by atoms with Gasteiger partial charge in [0, 0.05) is 30.2 Å². The molecule has 18 heavy (non-hydrogen) atoms. The van der Waals surface area contributed by atoms with Crippen LogP contribution < -0.4 is 10.6 Å². The van der Waals surface area contributed by atoms with Gasteiger partial charge in [-0.25, -0.2) is 0 Å². The van der Waals surface area contributed by atoms with E-state index in [1.165, 1.54) is 6.07 Å². The summed E-state index contributed by atoms with van der Waals surface area (Å²) in [6.45, 7) is 3.37. The Hall–Kier alpha value is -1.18. The van der Waals surface area contributed by atoms with Crippen molar-refractivity contribution in [3.05, 3.63) is 32.8 Å². The second-order valence-corrected chi connectivity index (χ2v) is 4.81. The Morgan fingerprint density at radius 1 is 1.50 bits per heavy atom. The highest BCUT2D eigenvalue weighted by Crippen LogP contribution is 2.27. The maximum Gasteiger partial charge on any atom is 0.293 e. The van der Waals surface area contributed by atoms with Crippen LogP contribution in [-0.4, -0.2) is 35.8 Å². The molecule has 1 aromatic rings. The van der Waals surface area contributed by atoms with Gasteiger partial charge in [-0.15, -0.1) is 0 Å². The Labute approximate surface area is 114 Å². The van der Waals surface area contributed by atoms with Crippen LogP contribution in [0.2, 0.25) is 0 Å². The van der Waals surface area contributed by atoms with Crippen molar-refractivity contribution in [1.82, 2.24) is 5.32 Å². The van der Waals surface area contributed by atoms with Crippen molar-refractivity contribution in [2.24, 2.45) is 0 Å². The molecule has 0 saturated heterocycles. The fraction of sp³-hybridized carbons (Fsp3) is 0.455. The Morgan fingerprint density at radius 3 is 2.83 bits per heavy atom. The maximum absolute atomic E-state index is 10.8. The molecule has 1 unspecified atom stereocenters. The largest absolute Gasteiger partial charge is 0.392 e. The van der Waals surface area contributed by atoms with Crippen LogP contribution in [0, 0.1) is 10.1 Å². The van der Waals surface area contributed by atoms with Gasteiger partial charge in [-0.1, -0.05) is 15.9 Å². The molecule has 0 radical (unpaired) electrons. The number of hydrogen-bond donors (Lipinski definition) is 3. The lowest BCUT2D eigenvalue weighted by Crippen LogP contribution is -2.29. The molecule has 0 heterocycles. The molecule has 1 aromatic carbocycles. The maximum atomic E-state index is 10.8. The zero-order valence-corrected chi connectivity index (χ0v) is 11.6. The van der Waals surface area contributed by atoms with Crippen LogP contribution in [0.4, 0.5) is 11.4 Å². The number of nitrogens with one attached hydrogen (secondary N) is 2. The van der Waals surface area contributed by atoms with Crippen molar-refractivity contribution in [2.45, 2.75) is 13.0 Å². The van der Waals surface area contributed by atoms with E-state index in [1.807, 2.05) is 0 Å². The molecule has 0 saturated carbocycles. The molecule has 1 rings (SSSR count). The van der Waals surface area contributed by atoms with Crippen LogP contribution >= 0.6 is 15.9 Å². The van der Waals surface area contributed by atoms with Crippen LogP contribution in [0.1, 0.15) is 6.92 Å². The molecule has 0 fully saturated rings. The van der Waals surface area contributed by atoms with Gasteiger partial charge in [0.15, 0.2) is 0 Å². The molecule has 0 amide bonds. The Kier molecular flexibility index (Phi) is 6.03. The van der Waals surface area contributed by atoms with Crippen molar-refractivity contribution in [3.63, 3.8) is 0 Å². The molecule has 0 aliphatic heterocycles. The standard InChI is InChI=1S/C11H16BrN3O3/c1-8(16)7-13-4-5-14-10-3-2-9(12)6-11(10)15(17)18/h2-3,6,8,13-14,16H,4-5,7H2,1H3. The van der Waals surface area contributed by atoms with Gasteiger partial charge < -0.3 is 15.7 Å². The van der Waals surface area contributed by atoms with Gasteiger partial charge in [0.25, 0.3) is 5.69 Å². The van der Waals surface area contributed by atoms with Crippen molar-refractivity contribution < 1.29 is 10.0 Å². The third kappa shape index (κ3) is 4.99. The molecule has 0 spiro atoms. The fourth-order valence-electron chi connectivity index (χ4n) is 1.40. The zero-order valence-electron chi connectivity index (χ0n) is 10.0. The zero-order chi connectivity index (χ0) is 13.5. The van der Waals surface area contributed by atoms with Gasteiger partial charge in [-0.3, -0.25) is 10.1 Å². The summed E-state index contributed by atoms with van der Waals surface area (Å²) in [5.74, 6) is 0. The number of nitrogens with zero attached hydrogens (tertiary/aromatic N) is 1. The lowest BCUT2D eigenvalue weighted by Gasteiger charge is -2.09. The Balaban J connectivity index is 2.49. The second kappa shape index (κ2) is 7.30. The normalized spacial score (nSPS) is 12.2. The van der Waals surface area contributed by atoms with Crippen molar-refractivity contribution in [2.75, 3.05) is 25.0 Å². The number of anilines is 1. The molecule has 1 atom stereocenters. The van der Waals surface area contributed by atoms with Gasteiger partial charge in [-0.05, 0) is 19.1 Å². The minimum absolute atomic E-state index is 0.0416. The predicted molar refractivity (Wildman–Crippen MR) is 73.8 cm³/mol. The topological polar surface area (TPSA) is 87.4 Å². The van der Waals surface area contributed by atoms with Crippen LogP contribution in [0.3, 0.4) is 0 Å². The SMILES string of the molecule is CC(O)CNCCNc1ccc(Br)cc1[N+](=O)[O-]. The minimum atomic E-state index is -0.420.